The van der Waals surface area contributed by atoms with Crippen LogP contribution >= 0.6 is 11.8 Å². The molecule has 2 aromatic heterocycles. The maximum atomic E-state index is 11.6. The van der Waals surface area contributed by atoms with Gasteiger partial charge >= 0.3 is 6.09 Å². The molecule has 0 spiro atoms. The van der Waals surface area contributed by atoms with E-state index in [2.05, 4.69) is 35.9 Å². The minimum Gasteiger partial charge on any atom is -0.480 e. The van der Waals surface area contributed by atoms with Gasteiger partial charge in [0.2, 0.25) is 17.7 Å². The van der Waals surface area contributed by atoms with E-state index in [0.29, 0.717) is 47.4 Å². The van der Waals surface area contributed by atoms with Crippen molar-refractivity contribution in [3.05, 3.63) is 6.07 Å². The summed E-state index contributed by atoms with van der Waals surface area (Å²) in [6, 6.07) is 1.47. The zero-order valence-electron chi connectivity index (χ0n) is 20.8. The van der Waals surface area contributed by atoms with Crippen molar-refractivity contribution in [2.45, 2.75) is 49.3 Å². The topological polar surface area (TPSA) is 184 Å². The van der Waals surface area contributed by atoms with E-state index < -0.39 is 11.7 Å². The lowest BCUT2D eigenvalue weighted by atomic mass is 10.2. The number of carbonyl (C=O) groups excluding carboxylic acids is 1. The van der Waals surface area contributed by atoms with Crippen molar-refractivity contribution < 1.29 is 19.0 Å². The zero-order chi connectivity index (χ0) is 25.8. The Labute approximate surface area is 209 Å². The molecule has 0 aliphatic heterocycles. The standard InChI is InChI=1S/C21H35N9O4S/c1-21(2,3)34-20(31)26-9-7-6-8-24-10-11-25-18-29-16(32-4)15(17(30-18)33-5)35-19-27-13(22)12-14(23)28-19/h12,24H,6-11H2,1-5H3,(H,26,31)(H,25,29,30)(H4,22,23,27,28). The number of carbonyl (C=O) groups is 1. The van der Waals surface area contributed by atoms with Crippen LogP contribution in [0.5, 0.6) is 11.8 Å². The van der Waals surface area contributed by atoms with Gasteiger partial charge in [-0.05, 0) is 51.9 Å². The number of hydrogen-bond acceptors (Lipinski definition) is 13. The van der Waals surface area contributed by atoms with E-state index in [0.717, 1.165) is 31.1 Å². The fourth-order valence-electron chi connectivity index (χ4n) is 2.72. The first-order chi connectivity index (χ1) is 16.6. The van der Waals surface area contributed by atoms with Crippen molar-refractivity contribution in [2.24, 2.45) is 0 Å². The smallest absolute Gasteiger partial charge is 0.407 e. The molecule has 2 heterocycles. The average molecular weight is 510 g/mol. The normalized spacial score (nSPS) is 11.1. The summed E-state index contributed by atoms with van der Waals surface area (Å²) in [5.41, 5.74) is 11.0. The van der Waals surface area contributed by atoms with Crippen LogP contribution in [0.3, 0.4) is 0 Å². The van der Waals surface area contributed by atoms with Crippen molar-refractivity contribution in [1.29, 1.82) is 0 Å². The highest BCUT2D eigenvalue weighted by atomic mass is 32.2. The number of rotatable bonds is 13. The van der Waals surface area contributed by atoms with Crippen LogP contribution in [0.4, 0.5) is 22.4 Å². The van der Waals surface area contributed by atoms with E-state index in [1.54, 1.807) is 0 Å². The van der Waals surface area contributed by atoms with Gasteiger partial charge in [-0.1, -0.05) is 0 Å². The van der Waals surface area contributed by atoms with E-state index in [1.807, 2.05) is 20.8 Å². The zero-order valence-corrected chi connectivity index (χ0v) is 21.6. The number of nitrogens with zero attached hydrogens (tertiary/aromatic N) is 4. The molecule has 7 N–H and O–H groups in total. The predicted molar refractivity (Wildman–Crippen MR) is 135 cm³/mol. The molecule has 0 fully saturated rings. The predicted octanol–water partition coefficient (Wildman–Crippen LogP) is 1.91. The van der Waals surface area contributed by atoms with E-state index in [4.69, 9.17) is 25.7 Å². The van der Waals surface area contributed by atoms with Gasteiger partial charge in [0.25, 0.3) is 0 Å². The van der Waals surface area contributed by atoms with Crippen LogP contribution in [-0.2, 0) is 4.74 Å². The van der Waals surface area contributed by atoms with Crippen LogP contribution in [0.2, 0.25) is 0 Å². The number of hydrogen-bond donors (Lipinski definition) is 5. The molecule has 0 aliphatic rings. The molecule has 35 heavy (non-hydrogen) atoms. The summed E-state index contributed by atoms with van der Waals surface area (Å²) < 4.78 is 16.0. The highest BCUT2D eigenvalue weighted by Crippen LogP contribution is 2.39. The summed E-state index contributed by atoms with van der Waals surface area (Å²) in [6.07, 6.45) is 1.37. The average Bonchev–Trinajstić information content (AvgIpc) is 2.76. The second-order valence-electron chi connectivity index (χ2n) is 8.31. The van der Waals surface area contributed by atoms with Gasteiger partial charge in [-0.3, -0.25) is 0 Å². The SMILES string of the molecule is COc1nc(NCCNCCCCNC(=O)OC(C)(C)C)nc(OC)c1Sc1nc(N)cc(N)n1. The Kier molecular flexibility index (Phi) is 10.9. The van der Waals surface area contributed by atoms with E-state index in [-0.39, 0.29) is 11.6 Å². The number of ether oxygens (including phenoxy) is 3. The number of methoxy groups -OCH3 is 2. The van der Waals surface area contributed by atoms with Gasteiger partial charge in [-0.25, -0.2) is 14.8 Å². The molecule has 0 aliphatic carbocycles. The van der Waals surface area contributed by atoms with Crippen LogP contribution in [0, 0.1) is 0 Å². The minimum absolute atomic E-state index is 0.254. The van der Waals surface area contributed by atoms with E-state index in [9.17, 15) is 4.79 Å². The third kappa shape index (κ3) is 10.3. The molecule has 0 saturated carbocycles. The van der Waals surface area contributed by atoms with Crippen LogP contribution in [-0.4, -0.2) is 72.0 Å². The number of anilines is 3. The van der Waals surface area contributed by atoms with Gasteiger partial charge < -0.3 is 41.6 Å². The molecular weight excluding hydrogens is 474 g/mol. The molecule has 0 unspecified atom stereocenters. The summed E-state index contributed by atoms with van der Waals surface area (Å²) in [5.74, 6) is 1.48. The first kappa shape index (κ1) is 28.0. The molecule has 0 saturated heterocycles. The molecule has 0 radical (unpaired) electrons. The first-order valence-corrected chi connectivity index (χ1v) is 11.9. The van der Waals surface area contributed by atoms with E-state index in [1.165, 1.54) is 20.3 Å². The lowest BCUT2D eigenvalue weighted by Gasteiger charge is -2.19. The van der Waals surface area contributed by atoms with Gasteiger partial charge in [0.05, 0.1) is 14.2 Å². The maximum absolute atomic E-state index is 11.6. The van der Waals surface area contributed by atoms with Crippen molar-refractivity contribution >= 4 is 35.4 Å². The largest absolute Gasteiger partial charge is 0.480 e. The third-order valence-corrected chi connectivity index (χ3v) is 5.08. The number of nitrogen functional groups attached to an aromatic ring is 2. The number of nitrogens with two attached hydrogens (primary N) is 2. The Bertz CT molecular complexity index is 927. The molecule has 2 rings (SSSR count). The summed E-state index contributed by atoms with van der Waals surface area (Å²) in [6.45, 7) is 8.17. The Hall–Kier alpha value is -3.26. The number of nitrogens with one attached hydrogen (secondary N) is 3. The van der Waals surface area contributed by atoms with E-state index >= 15 is 0 Å². The summed E-state index contributed by atoms with van der Waals surface area (Å²) in [4.78, 5) is 29.2. The Morgan fingerprint density at radius 3 is 2.11 bits per heavy atom. The molecule has 13 nitrogen and oxygen atoms in total. The Balaban J connectivity index is 1.77. The lowest BCUT2D eigenvalue weighted by Crippen LogP contribution is -2.33. The van der Waals surface area contributed by atoms with Gasteiger partial charge in [0.1, 0.15) is 22.1 Å². The third-order valence-electron chi connectivity index (χ3n) is 4.16. The number of amides is 1. The number of aromatic nitrogens is 4. The number of unbranched alkanes of at least 4 members (excludes halogenated alkanes) is 1. The lowest BCUT2D eigenvalue weighted by molar-refractivity contribution is 0.0527. The molecule has 0 atom stereocenters. The molecule has 194 valence electrons. The van der Waals surface area contributed by atoms with Crippen molar-refractivity contribution in [1.82, 2.24) is 30.6 Å². The van der Waals surface area contributed by atoms with Crippen molar-refractivity contribution in [2.75, 3.05) is 57.2 Å². The van der Waals surface area contributed by atoms with Crippen molar-refractivity contribution in [3.8, 4) is 11.8 Å². The van der Waals surface area contributed by atoms with Crippen LogP contribution in [0.1, 0.15) is 33.6 Å². The second-order valence-corrected chi connectivity index (χ2v) is 9.29. The molecule has 0 bridgehead atoms. The van der Waals surface area contributed by atoms with Crippen molar-refractivity contribution in [3.63, 3.8) is 0 Å². The number of alkyl carbamates (subject to hydrolysis) is 1. The molecular formula is C21H35N9O4S. The molecule has 0 aromatic carbocycles. The fraction of sp³-hybridized carbons (Fsp3) is 0.571. The van der Waals surface area contributed by atoms with Gasteiger partial charge in [0.15, 0.2) is 5.16 Å². The van der Waals surface area contributed by atoms with Gasteiger partial charge in [0, 0.05) is 25.7 Å². The first-order valence-electron chi connectivity index (χ1n) is 11.1. The Morgan fingerprint density at radius 1 is 0.943 bits per heavy atom. The monoisotopic (exact) mass is 509 g/mol. The second kappa shape index (κ2) is 13.6. The highest BCUT2D eigenvalue weighted by Gasteiger charge is 2.19. The van der Waals surface area contributed by atoms with Crippen LogP contribution in [0.25, 0.3) is 0 Å². The van der Waals surface area contributed by atoms with Crippen LogP contribution < -0.4 is 36.9 Å². The quantitative estimate of drug-likeness (QED) is 0.195. The molecule has 1 amide bonds. The summed E-state index contributed by atoms with van der Waals surface area (Å²) >= 11 is 1.14. The highest BCUT2D eigenvalue weighted by molar-refractivity contribution is 7.99. The Morgan fingerprint density at radius 2 is 1.54 bits per heavy atom. The van der Waals surface area contributed by atoms with Crippen LogP contribution in [0.15, 0.2) is 16.1 Å². The molecule has 14 heteroatoms. The summed E-state index contributed by atoms with van der Waals surface area (Å²) in [5, 5.41) is 9.54. The fourth-order valence-corrected chi connectivity index (χ4v) is 3.64. The summed E-state index contributed by atoms with van der Waals surface area (Å²) in [7, 11) is 3.01. The van der Waals surface area contributed by atoms with Gasteiger partial charge in [-0.2, -0.15) is 9.97 Å². The van der Waals surface area contributed by atoms with Gasteiger partial charge in [-0.15, -0.1) is 0 Å². The molecule has 2 aromatic rings. The maximum Gasteiger partial charge on any atom is 0.407 e. The minimum atomic E-state index is -0.491.